The molecular formula is C12H19F3N2O. The standard InChI is InChI=1S/C12H19F3N2O/c1-10(2,3)17-7-6-9(16-17)18-8-11(4,5)12(13,14)15/h6-7H,8H2,1-5H3. The largest absolute Gasteiger partial charge is 0.476 e. The first-order valence-corrected chi connectivity index (χ1v) is 5.69. The van der Waals surface area contributed by atoms with Crippen LogP contribution in [-0.2, 0) is 5.54 Å². The van der Waals surface area contributed by atoms with Crippen LogP contribution < -0.4 is 4.74 Å². The van der Waals surface area contributed by atoms with Gasteiger partial charge < -0.3 is 4.74 Å². The maximum absolute atomic E-state index is 12.6. The lowest BCUT2D eigenvalue weighted by Gasteiger charge is -2.26. The molecule has 104 valence electrons. The van der Waals surface area contributed by atoms with E-state index in [0.29, 0.717) is 0 Å². The number of hydrogen-bond acceptors (Lipinski definition) is 2. The molecule has 0 aliphatic rings. The van der Waals surface area contributed by atoms with Crippen molar-refractivity contribution in [3.05, 3.63) is 12.3 Å². The summed E-state index contributed by atoms with van der Waals surface area (Å²) in [5, 5.41) is 4.09. The van der Waals surface area contributed by atoms with Crippen LogP contribution in [0.25, 0.3) is 0 Å². The van der Waals surface area contributed by atoms with E-state index in [1.54, 1.807) is 16.9 Å². The van der Waals surface area contributed by atoms with Crippen molar-refractivity contribution in [2.75, 3.05) is 6.61 Å². The third-order valence-corrected chi connectivity index (χ3v) is 2.60. The highest BCUT2D eigenvalue weighted by Crippen LogP contribution is 2.37. The Bertz CT molecular complexity index is 402. The Morgan fingerprint density at radius 3 is 2.11 bits per heavy atom. The van der Waals surface area contributed by atoms with Gasteiger partial charge >= 0.3 is 6.18 Å². The van der Waals surface area contributed by atoms with Gasteiger partial charge in [-0.25, -0.2) is 0 Å². The van der Waals surface area contributed by atoms with E-state index < -0.39 is 18.2 Å². The van der Waals surface area contributed by atoms with Crippen LogP contribution in [0.1, 0.15) is 34.6 Å². The molecule has 18 heavy (non-hydrogen) atoms. The lowest BCUT2D eigenvalue weighted by atomic mass is 9.94. The monoisotopic (exact) mass is 264 g/mol. The highest BCUT2D eigenvalue weighted by Gasteiger charge is 2.48. The fourth-order valence-corrected chi connectivity index (χ4v) is 1.09. The van der Waals surface area contributed by atoms with Crippen molar-refractivity contribution in [2.24, 2.45) is 5.41 Å². The molecule has 0 bridgehead atoms. The lowest BCUT2D eigenvalue weighted by Crippen LogP contribution is -2.37. The molecule has 0 atom stereocenters. The molecular weight excluding hydrogens is 245 g/mol. The van der Waals surface area contributed by atoms with Crippen molar-refractivity contribution >= 4 is 0 Å². The lowest BCUT2D eigenvalue weighted by molar-refractivity contribution is -0.219. The van der Waals surface area contributed by atoms with E-state index in [0.717, 1.165) is 13.8 Å². The predicted molar refractivity (Wildman–Crippen MR) is 62.6 cm³/mol. The average molecular weight is 264 g/mol. The first-order valence-electron chi connectivity index (χ1n) is 5.69. The van der Waals surface area contributed by atoms with Crippen molar-refractivity contribution in [1.29, 1.82) is 0 Å². The highest BCUT2D eigenvalue weighted by atomic mass is 19.4. The van der Waals surface area contributed by atoms with E-state index in [4.69, 9.17) is 4.74 Å². The molecule has 0 aliphatic carbocycles. The molecule has 3 nitrogen and oxygen atoms in total. The van der Waals surface area contributed by atoms with Gasteiger partial charge in [0.15, 0.2) is 0 Å². The Hall–Kier alpha value is -1.20. The number of rotatable bonds is 3. The highest BCUT2D eigenvalue weighted by molar-refractivity contribution is 5.07. The Labute approximate surface area is 105 Å². The van der Waals surface area contributed by atoms with Crippen LogP contribution in [0, 0.1) is 5.41 Å². The van der Waals surface area contributed by atoms with Crippen molar-refractivity contribution in [3.8, 4) is 5.88 Å². The van der Waals surface area contributed by atoms with Gasteiger partial charge in [-0.1, -0.05) is 0 Å². The smallest absolute Gasteiger partial charge is 0.397 e. The van der Waals surface area contributed by atoms with Gasteiger partial charge in [-0.05, 0) is 34.6 Å². The molecule has 0 N–H and O–H groups in total. The van der Waals surface area contributed by atoms with E-state index in [1.807, 2.05) is 20.8 Å². The second kappa shape index (κ2) is 4.48. The first kappa shape index (κ1) is 14.9. The van der Waals surface area contributed by atoms with Crippen LogP contribution in [0.3, 0.4) is 0 Å². The molecule has 0 saturated heterocycles. The van der Waals surface area contributed by atoms with E-state index >= 15 is 0 Å². The second-order valence-electron chi connectivity index (χ2n) is 5.94. The van der Waals surface area contributed by atoms with Crippen LogP contribution in [0.5, 0.6) is 5.88 Å². The Morgan fingerprint density at radius 1 is 1.17 bits per heavy atom. The van der Waals surface area contributed by atoms with Crippen molar-refractivity contribution in [3.63, 3.8) is 0 Å². The van der Waals surface area contributed by atoms with Crippen LogP contribution in [0.2, 0.25) is 0 Å². The van der Waals surface area contributed by atoms with Gasteiger partial charge in [-0.15, -0.1) is 5.10 Å². The number of ether oxygens (including phenoxy) is 1. The van der Waals surface area contributed by atoms with Crippen molar-refractivity contribution in [1.82, 2.24) is 9.78 Å². The molecule has 0 aromatic carbocycles. The number of nitrogens with zero attached hydrogens (tertiary/aromatic N) is 2. The molecule has 1 aromatic heterocycles. The van der Waals surface area contributed by atoms with Gasteiger partial charge in [-0.2, -0.15) is 13.2 Å². The maximum Gasteiger partial charge on any atom is 0.397 e. The van der Waals surface area contributed by atoms with Crippen LogP contribution in [0.15, 0.2) is 12.3 Å². The zero-order valence-corrected chi connectivity index (χ0v) is 11.3. The zero-order chi connectivity index (χ0) is 14.2. The number of aromatic nitrogens is 2. The van der Waals surface area contributed by atoms with Crippen molar-refractivity contribution in [2.45, 2.75) is 46.3 Å². The first-order chi connectivity index (χ1) is 7.93. The van der Waals surface area contributed by atoms with E-state index in [9.17, 15) is 13.2 Å². The average Bonchev–Trinajstić information content (AvgIpc) is 2.60. The van der Waals surface area contributed by atoms with Gasteiger partial charge in [0.25, 0.3) is 0 Å². The summed E-state index contributed by atoms with van der Waals surface area (Å²) in [6, 6.07) is 1.57. The van der Waals surface area contributed by atoms with E-state index in [-0.39, 0.29) is 11.4 Å². The van der Waals surface area contributed by atoms with E-state index in [1.165, 1.54) is 0 Å². The predicted octanol–water partition coefficient (Wildman–Crippen LogP) is 3.61. The quantitative estimate of drug-likeness (QED) is 0.834. The third-order valence-electron chi connectivity index (χ3n) is 2.60. The Balaban J connectivity index is 2.68. The third kappa shape index (κ3) is 3.40. The molecule has 0 unspecified atom stereocenters. The molecule has 0 spiro atoms. The normalized spacial score (nSPS) is 13.8. The molecule has 0 aliphatic heterocycles. The number of alkyl halides is 3. The Morgan fingerprint density at radius 2 is 1.72 bits per heavy atom. The van der Waals surface area contributed by atoms with Crippen LogP contribution in [0.4, 0.5) is 13.2 Å². The molecule has 0 radical (unpaired) electrons. The summed E-state index contributed by atoms with van der Waals surface area (Å²) in [4.78, 5) is 0. The molecule has 1 aromatic rings. The summed E-state index contributed by atoms with van der Waals surface area (Å²) in [6.07, 6.45) is -2.60. The molecule has 0 saturated carbocycles. The summed E-state index contributed by atoms with van der Waals surface area (Å²) < 4.78 is 44.7. The fourth-order valence-electron chi connectivity index (χ4n) is 1.09. The molecule has 1 rings (SSSR count). The summed E-state index contributed by atoms with van der Waals surface area (Å²) in [5.74, 6) is 0.210. The van der Waals surface area contributed by atoms with Gasteiger partial charge in [0.05, 0.1) is 11.0 Å². The minimum absolute atomic E-state index is 0.210. The van der Waals surface area contributed by atoms with Gasteiger partial charge in [-0.3, -0.25) is 4.68 Å². The fraction of sp³-hybridized carbons (Fsp3) is 0.750. The maximum atomic E-state index is 12.6. The number of hydrogen-bond donors (Lipinski definition) is 0. The second-order valence-corrected chi connectivity index (χ2v) is 5.94. The molecule has 0 fully saturated rings. The molecule has 0 amide bonds. The minimum Gasteiger partial charge on any atom is -0.476 e. The summed E-state index contributed by atoms with van der Waals surface area (Å²) in [7, 11) is 0. The zero-order valence-electron chi connectivity index (χ0n) is 11.3. The van der Waals surface area contributed by atoms with E-state index in [2.05, 4.69) is 5.10 Å². The summed E-state index contributed by atoms with van der Waals surface area (Å²) in [6.45, 7) is 7.61. The number of halogens is 3. The Kier molecular flexibility index (Phi) is 3.70. The SMILES string of the molecule is CC(C)(C)n1ccc(OCC(C)(C)C(F)(F)F)n1. The van der Waals surface area contributed by atoms with Crippen LogP contribution >= 0.6 is 0 Å². The van der Waals surface area contributed by atoms with Gasteiger partial charge in [0.1, 0.15) is 6.61 Å². The minimum atomic E-state index is -4.29. The molecule has 1 heterocycles. The van der Waals surface area contributed by atoms with Crippen LogP contribution in [-0.4, -0.2) is 22.6 Å². The van der Waals surface area contributed by atoms with Gasteiger partial charge in [0.2, 0.25) is 5.88 Å². The summed E-state index contributed by atoms with van der Waals surface area (Å²) >= 11 is 0. The molecule has 6 heteroatoms. The van der Waals surface area contributed by atoms with Gasteiger partial charge in [0, 0.05) is 12.3 Å². The summed E-state index contributed by atoms with van der Waals surface area (Å²) in [5.41, 5.74) is -2.11. The topological polar surface area (TPSA) is 27.1 Å². The van der Waals surface area contributed by atoms with Crippen molar-refractivity contribution < 1.29 is 17.9 Å².